The molecule has 1 aromatic rings. The van der Waals surface area contributed by atoms with Crippen LogP contribution in [0.3, 0.4) is 0 Å². The molecular weight excluding hydrogens is 286 g/mol. The van der Waals surface area contributed by atoms with Gasteiger partial charge in [-0.15, -0.1) is 0 Å². The van der Waals surface area contributed by atoms with Crippen LogP contribution < -0.4 is 0 Å². The van der Waals surface area contributed by atoms with E-state index in [0.717, 1.165) is 6.26 Å². The monoisotopic (exact) mass is 293 g/mol. The molecular formula is C8H8BrNO4S. The minimum absolute atomic E-state index is 0.0245. The fraction of sp³-hybridized carbons (Fsp3) is 0.250. The van der Waals surface area contributed by atoms with Crippen molar-refractivity contribution in [2.24, 2.45) is 0 Å². The molecule has 0 N–H and O–H groups in total. The van der Waals surface area contributed by atoms with Crippen molar-refractivity contribution in [2.75, 3.05) is 6.26 Å². The predicted octanol–water partition coefficient (Wildman–Crippen LogP) is 2.07. The van der Waals surface area contributed by atoms with Gasteiger partial charge < -0.3 is 0 Å². The molecule has 1 rings (SSSR count). The largest absolute Gasteiger partial charge is 0.274 e. The van der Waals surface area contributed by atoms with Crippen molar-refractivity contribution in [3.8, 4) is 0 Å². The van der Waals surface area contributed by atoms with Gasteiger partial charge in [-0.1, -0.05) is 15.9 Å². The fourth-order valence-corrected chi connectivity index (χ4v) is 2.81. The Bertz CT molecular complexity index is 524. The lowest BCUT2D eigenvalue weighted by molar-refractivity contribution is -0.385. The van der Waals surface area contributed by atoms with Crippen LogP contribution in [0.2, 0.25) is 0 Å². The number of nitro benzene ring substituents is 1. The molecule has 0 atom stereocenters. The molecule has 0 fully saturated rings. The Hall–Kier alpha value is -0.950. The van der Waals surface area contributed by atoms with Crippen LogP contribution >= 0.6 is 15.9 Å². The third kappa shape index (κ3) is 2.54. The summed E-state index contributed by atoms with van der Waals surface area (Å²) in [6, 6.07) is 2.64. The summed E-state index contributed by atoms with van der Waals surface area (Å²) >= 11 is 3.04. The minimum atomic E-state index is -3.45. The highest BCUT2D eigenvalue weighted by Gasteiger charge is 2.20. The molecule has 0 bridgehead atoms. The SMILES string of the molecule is Cc1c([N+](=O)[O-])cc(Br)cc1S(C)(=O)=O. The molecule has 0 saturated carbocycles. The summed E-state index contributed by atoms with van der Waals surface area (Å²) < 4.78 is 23.0. The molecule has 0 aromatic heterocycles. The van der Waals surface area contributed by atoms with Crippen molar-refractivity contribution in [1.29, 1.82) is 0 Å². The van der Waals surface area contributed by atoms with Crippen molar-refractivity contribution in [2.45, 2.75) is 11.8 Å². The number of rotatable bonds is 2. The Morgan fingerprint density at radius 2 is 1.93 bits per heavy atom. The Morgan fingerprint density at radius 1 is 1.40 bits per heavy atom. The maximum absolute atomic E-state index is 11.3. The number of halogens is 1. The normalized spacial score (nSPS) is 11.4. The maximum atomic E-state index is 11.3. The molecule has 5 nitrogen and oxygen atoms in total. The smallest absolute Gasteiger partial charge is 0.258 e. The lowest BCUT2D eigenvalue weighted by atomic mass is 10.2. The van der Waals surface area contributed by atoms with Crippen LogP contribution in [-0.2, 0) is 9.84 Å². The zero-order valence-electron chi connectivity index (χ0n) is 8.02. The van der Waals surface area contributed by atoms with Gasteiger partial charge in [-0.05, 0) is 13.0 Å². The molecule has 0 aliphatic carbocycles. The van der Waals surface area contributed by atoms with Gasteiger partial charge in [0.1, 0.15) is 0 Å². The molecule has 7 heteroatoms. The van der Waals surface area contributed by atoms with E-state index in [4.69, 9.17) is 0 Å². The second-order valence-electron chi connectivity index (χ2n) is 3.08. The standard InChI is InChI=1S/C8H8BrNO4S/c1-5-7(10(11)12)3-6(9)4-8(5)15(2,13)14/h3-4H,1-2H3. The summed E-state index contributed by atoms with van der Waals surface area (Å²) in [5.74, 6) is 0. The average Bonchev–Trinajstić information content (AvgIpc) is 2.06. The van der Waals surface area contributed by atoms with Gasteiger partial charge in [-0.25, -0.2) is 8.42 Å². The molecule has 0 spiro atoms. The second kappa shape index (κ2) is 3.90. The number of benzene rings is 1. The summed E-state index contributed by atoms with van der Waals surface area (Å²) in [5.41, 5.74) is -0.0458. The molecule has 0 saturated heterocycles. The van der Waals surface area contributed by atoms with Gasteiger partial charge in [0, 0.05) is 22.4 Å². The van der Waals surface area contributed by atoms with Gasteiger partial charge in [0.15, 0.2) is 9.84 Å². The van der Waals surface area contributed by atoms with E-state index in [9.17, 15) is 18.5 Å². The molecule has 0 radical (unpaired) electrons. The first-order chi connectivity index (χ1) is 6.73. The first-order valence-electron chi connectivity index (χ1n) is 3.88. The van der Waals surface area contributed by atoms with E-state index in [1.165, 1.54) is 19.1 Å². The minimum Gasteiger partial charge on any atom is -0.258 e. The molecule has 0 aliphatic rings. The maximum Gasteiger partial charge on any atom is 0.274 e. The van der Waals surface area contributed by atoms with E-state index in [-0.39, 0.29) is 16.1 Å². The number of sulfone groups is 1. The lowest BCUT2D eigenvalue weighted by Crippen LogP contribution is -2.03. The van der Waals surface area contributed by atoms with Gasteiger partial charge in [-0.2, -0.15) is 0 Å². The number of hydrogen-bond acceptors (Lipinski definition) is 4. The second-order valence-corrected chi connectivity index (χ2v) is 5.98. The molecule has 1 aromatic carbocycles. The van der Waals surface area contributed by atoms with Gasteiger partial charge in [0.2, 0.25) is 0 Å². The first kappa shape index (κ1) is 12.1. The Kier molecular flexibility index (Phi) is 3.15. The van der Waals surface area contributed by atoms with Crippen LogP contribution in [0, 0.1) is 17.0 Å². The molecule has 0 heterocycles. The van der Waals surface area contributed by atoms with Gasteiger partial charge in [0.25, 0.3) is 5.69 Å². The zero-order valence-corrected chi connectivity index (χ0v) is 10.4. The van der Waals surface area contributed by atoms with E-state index < -0.39 is 14.8 Å². The first-order valence-corrected chi connectivity index (χ1v) is 6.56. The van der Waals surface area contributed by atoms with Crippen LogP contribution in [0.25, 0.3) is 0 Å². The third-order valence-electron chi connectivity index (χ3n) is 1.89. The summed E-state index contributed by atoms with van der Waals surface area (Å²) in [4.78, 5) is 10.0. The number of hydrogen-bond donors (Lipinski definition) is 0. The quantitative estimate of drug-likeness (QED) is 0.618. The van der Waals surface area contributed by atoms with Crippen LogP contribution in [0.15, 0.2) is 21.5 Å². The highest BCUT2D eigenvalue weighted by molar-refractivity contribution is 9.10. The molecule has 82 valence electrons. The highest BCUT2D eigenvalue weighted by Crippen LogP contribution is 2.29. The predicted molar refractivity (Wildman–Crippen MR) is 58.6 cm³/mol. The third-order valence-corrected chi connectivity index (χ3v) is 3.57. The van der Waals surface area contributed by atoms with Crippen molar-refractivity contribution < 1.29 is 13.3 Å². The Labute approximate surface area is 95.3 Å². The van der Waals surface area contributed by atoms with E-state index >= 15 is 0 Å². The van der Waals surface area contributed by atoms with Crippen molar-refractivity contribution in [3.05, 3.63) is 32.3 Å². The summed E-state index contributed by atoms with van der Waals surface area (Å²) in [6.07, 6.45) is 1.02. The Morgan fingerprint density at radius 3 is 2.33 bits per heavy atom. The van der Waals surface area contributed by atoms with E-state index in [1.807, 2.05) is 0 Å². The highest BCUT2D eigenvalue weighted by atomic mass is 79.9. The fourth-order valence-electron chi connectivity index (χ4n) is 1.22. The van der Waals surface area contributed by atoms with Gasteiger partial charge in [0.05, 0.1) is 9.82 Å². The number of nitrogens with zero attached hydrogens (tertiary/aromatic N) is 1. The number of nitro groups is 1. The zero-order chi connectivity index (χ0) is 11.8. The van der Waals surface area contributed by atoms with E-state index in [2.05, 4.69) is 15.9 Å². The summed E-state index contributed by atoms with van der Waals surface area (Å²) in [6.45, 7) is 1.42. The summed E-state index contributed by atoms with van der Waals surface area (Å²) in [7, 11) is -3.45. The van der Waals surface area contributed by atoms with Crippen LogP contribution in [0.1, 0.15) is 5.56 Å². The summed E-state index contributed by atoms with van der Waals surface area (Å²) in [5, 5.41) is 10.6. The molecule has 15 heavy (non-hydrogen) atoms. The van der Waals surface area contributed by atoms with Crippen molar-refractivity contribution in [3.63, 3.8) is 0 Å². The van der Waals surface area contributed by atoms with Gasteiger partial charge in [-0.3, -0.25) is 10.1 Å². The van der Waals surface area contributed by atoms with Crippen molar-refractivity contribution >= 4 is 31.5 Å². The van der Waals surface area contributed by atoms with Crippen molar-refractivity contribution in [1.82, 2.24) is 0 Å². The Balaban J connectivity index is 3.63. The average molecular weight is 294 g/mol. The molecule has 0 amide bonds. The molecule has 0 aliphatic heterocycles. The molecule has 0 unspecified atom stereocenters. The van der Waals surface area contributed by atoms with Crippen LogP contribution in [0.4, 0.5) is 5.69 Å². The lowest BCUT2D eigenvalue weighted by Gasteiger charge is -2.04. The van der Waals surface area contributed by atoms with Crippen LogP contribution in [0.5, 0.6) is 0 Å². The van der Waals surface area contributed by atoms with E-state index in [1.54, 1.807) is 0 Å². The van der Waals surface area contributed by atoms with Gasteiger partial charge >= 0.3 is 0 Å². The topological polar surface area (TPSA) is 77.3 Å². The van der Waals surface area contributed by atoms with Crippen LogP contribution in [-0.4, -0.2) is 19.6 Å². The van der Waals surface area contributed by atoms with E-state index in [0.29, 0.717) is 4.47 Å².